The average Bonchev–Trinajstić information content (AvgIpc) is 2.49. The molecule has 0 fully saturated rings. The van der Waals surface area contributed by atoms with Crippen molar-refractivity contribution < 1.29 is 22.7 Å². The molecule has 0 spiro atoms. The Bertz CT molecular complexity index is 741. The van der Waals surface area contributed by atoms with E-state index < -0.39 is 35.0 Å². The number of benzene rings is 1. The van der Waals surface area contributed by atoms with Crippen molar-refractivity contribution in [3.63, 3.8) is 0 Å². The van der Waals surface area contributed by atoms with E-state index in [0.717, 1.165) is 25.4 Å². The Balaban J connectivity index is 2.71. The minimum absolute atomic E-state index is 0.267. The topological polar surface area (TPSA) is 78.1 Å². The molecule has 0 aliphatic rings. The lowest BCUT2D eigenvalue weighted by molar-refractivity contribution is 0.0595. The maximum atomic E-state index is 14.1. The minimum atomic E-state index is -2.97. The summed E-state index contributed by atoms with van der Waals surface area (Å²) in [6.07, 6.45) is -2.00. The number of nitrogens with two attached hydrogens (primary N) is 1. The van der Waals surface area contributed by atoms with Crippen molar-refractivity contribution in [1.82, 2.24) is 9.97 Å². The number of alkyl halides is 2. The maximum absolute atomic E-state index is 14.1. The first-order valence-electron chi connectivity index (χ1n) is 5.84. The van der Waals surface area contributed by atoms with Gasteiger partial charge in [-0.15, -0.1) is 0 Å². The Labute approximate surface area is 127 Å². The fourth-order valence-electron chi connectivity index (χ4n) is 1.77. The molecule has 0 amide bonds. The monoisotopic (exact) mass is 331 g/mol. The molecule has 1 heterocycles. The quantitative estimate of drug-likeness (QED) is 0.873. The largest absolute Gasteiger partial charge is 0.464 e. The van der Waals surface area contributed by atoms with Gasteiger partial charge < -0.3 is 10.5 Å². The molecule has 0 saturated heterocycles. The molecule has 0 saturated carbocycles. The van der Waals surface area contributed by atoms with Crippen molar-refractivity contribution in [3.05, 3.63) is 40.4 Å². The zero-order chi connectivity index (χ0) is 16.4. The zero-order valence-corrected chi connectivity index (χ0v) is 11.9. The highest BCUT2D eigenvalue weighted by Gasteiger charge is 2.23. The van der Waals surface area contributed by atoms with E-state index in [-0.39, 0.29) is 16.5 Å². The number of carbonyl (C=O) groups excluding carboxylic acids is 1. The Morgan fingerprint density at radius 2 is 2.09 bits per heavy atom. The van der Waals surface area contributed by atoms with E-state index in [2.05, 4.69) is 14.7 Å². The number of methoxy groups -OCH3 is 1. The summed E-state index contributed by atoms with van der Waals surface area (Å²) in [4.78, 5) is 18.9. The molecule has 0 radical (unpaired) electrons. The molecule has 0 aliphatic heterocycles. The highest BCUT2D eigenvalue weighted by Crippen LogP contribution is 2.35. The molecule has 0 atom stereocenters. The lowest BCUT2D eigenvalue weighted by Gasteiger charge is -2.12. The van der Waals surface area contributed by atoms with E-state index in [1.54, 1.807) is 0 Å². The standard InChI is InChI=1S/C13H9ClF3N3O2/c1-22-13(21)10-12(18)19-4-7(20-10)8-5(11(16)17)2-3-6(14)9(8)15/h2-4,11H,1H3,(H2,18,19). The van der Waals surface area contributed by atoms with Crippen LogP contribution in [0.15, 0.2) is 18.3 Å². The van der Waals surface area contributed by atoms with Crippen LogP contribution in [-0.4, -0.2) is 23.0 Å². The highest BCUT2D eigenvalue weighted by atomic mass is 35.5. The number of carbonyl (C=O) groups is 1. The summed E-state index contributed by atoms with van der Waals surface area (Å²) >= 11 is 5.62. The molecule has 2 aromatic rings. The molecule has 1 aromatic heterocycles. The van der Waals surface area contributed by atoms with Crippen LogP contribution in [0.4, 0.5) is 19.0 Å². The lowest BCUT2D eigenvalue weighted by atomic mass is 10.0. The van der Waals surface area contributed by atoms with Crippen LogP contribution >= 0.6 is 11.6 Å². The predicted molar refractivity (Wildman–Crippen MR) is 73.1 cm³/mol. The number of ether oxygens (including phenoxy) is 1. The Hall–Kier alpha value is -2.35. The van der Waals surface area contributed by atoms with E-state index in [1.807, 2.05) is 0 Å². The number of aromatic nitrogens is 2. The number of hydrogen-bond acceptors (Lipinski definition) is 5. The molecule has 2 rings (SSSR count). The third kappa shape index (κ3) is 2.82. The molecule has 2 N–H and O–H groups in total. The Morgan fingerprint density at radius 1 is 1.41 bits per heavy atom. The van der Waals surface area contributed by atoms with Crippen LogP contribution in [0.2, 0.25) is 5.02 Å². The van der Waals surface area contributed by atoms with E-state index >= 15 is 0 Å². The summed E-state index contributed by atoms with van der Waals surface area (Å²) in [5.74, 6) is -2.28. The van der Waals surface area contributed by atoms with Crippen LogP contribution in [0, 0.1) is 5.82 Å². The molecule has 116 valence electrons. The van der Waals surface area contributed by atoms with Gasteiger partial charge >= 0.3 is 5.97 Å². The molecular weight excluding hydrogens is 323 g/mol. The summed E-state index contributed by atoms with van der Waals surface area (Å²) < 4.78 is 44.7. The van der Waals surface area contributed by atoms with Crippen LogP contribution < -0.4 is 5.73 Å². The van der Waals surface area contributed by atoms with Gasteiger partial charge in [-0.3, -0.25) is 0 Å². The van der Waals surface area contributed by atoms with Crippen LogP contribution in [-0.2, 0) is 4.74 Å². The van der Waals surface area contributed by atoms with Crippen LogP contribution in [0.25, 0.3) is 11.3 Å². The first-order valence-corrected chi connectivity index (χ1v) is 6.21. The van der Waals surface area contributed by atoms with Crippen molar-refractivity contribution in [3.8, 4) is 11.3 Å². The second kappa shape index (κ2) is 6.18. The first kappa shape index (κ1) is 16.0. The van der Waals surface area contributed by atoms with E-state index in [1.165, 1.54) is 0 Å². The van der Waals surface area contributed by atoms with Gasteiger partial charge in [-0.05, 0) is 6.07 Å². The zero-order valence-electron chi connectivity index (χ0n) is 11.1. The first-order chi connectivity index (χ1) is 10.4. The Morgan fingerprint density at radius 3 is 2.68 bits per heavy atom. The van der Waals surface area contributed by atoms with E-state index in [0.29, 0.717) is 0 Å². The number of nitrogens with zero attached hydrogens (tertiary/aromatic N) is 2. The normalized spacial score (nSPS) is 10.8. The van der Waals surface area contributed by atoms with Gasteiger partial charge in [0.25, 0.3) is 6.43 Å². The number of hydrogen-bond donors (Lipinski definition) is 1. The fourth-order valence-corrected chi connectivity index (χ4v) is 1.93. The fraction of sp³-hybridized carbons (Fsp3) is 0.154. The van der Waals surface area contributed by atoms with Crippen LogP contribution in [0.3, 0.4) is 0 Å². The maximum Gasteiger partial charge on any atom is 0.360 e. The molecule has 0 bridgehead atoms. The van der Waals surface area contributed by atoms with Crippen molar-refractivity contribution in [2.45, 2.75) is 6.43 Å². The third-order valence-corrected chi connectivity index (χ3v) is 3.09. The molecular formula is C13H9ClF3N3O2. The third-order valence-electron chi connectivity index (χ3n) is 2.80. The molecule has 22 heavy (non-hydrogen) atoms. The average molecular weight is 332 g/mol. The molecule has 0 unspecified atom stereocenters. The van der Waals surface area contributed by atoms with E-state index in [9.17, 15) is 18.0 Å². The SMILES string of the molecule is COC(=O)c1nc(-c2c(C(F)F)ccc(Cl)c2F)cnc1N. The van der Waals surface area contributed by atoms with Gasteiger partial charge in [0.1, 0.15) is 0 Å². The smallest absolute Gasteiger partial charge is 0.360 e. The number of esters is 1. The summed E-state index contributed by atoms with van der Waals surface area (Å²) in [5, 5.41) is -0.363. The summed E-state index contributed by atoms with van der Waals surface area (Å²) in [5.41, 5.74) is 3.59. The van der Waals surface area contributed by atoms with Gasteiger partial charge in [0.2, 0.25) is 0 Å². The van der Waals surface area contributed by atoms with Gasteiger partial charge in [-0.1, -0.05) is 17.7 Å². The van der Waals surface area contributed by atoms with Gasteiger partial charge in [0.15, 0.2) is 17.3 Å². The van der Waals surface area contributed by atoms with Gasteiger partial charge in [-0.2, -0.15) is 0 Å². The molecule has 0 aliphatic carbocycles. The number of halogens is 4. The number of anilines is 1. The van der Waals surface area contributed by atoms with Gasteiger partial charge in [0.05, 0.1) is 24.0 Å². The molecule has 1 aromatic carbocycles. The Kier molecular flexibility index (Phi) is 4.51. The summed E-state index contributed by atoms with van der Waals surface area (Å²) in [6, 6.07) is 1.98. The molecule has 5 nitrogen and oxygen atoms in total. The lowest BCUT2D eigenvalue weighted by Crippen LogP contribution is -2.11. The second-order valence-electron chi connectivity index (χ2n) is 4.11. The second-order valence-corrected chi connectivity index (χ2v) is 4.51. The predicted octanol–water partition coefficient (Wildman–Crippen LogP) is 3.24. The van der Waals surface area contributed by atoms with Crippen LogP contribution in [0.5, 0.6) is 0 Å². The van der Waals surface area contributed by atoms with Crippen molar-refractivity contribution in [2.24, 2.45) is 0 Å². The number of rotatable bonds is 3. The van der Waals surface area contributed by atoms with Crippen molar-refractivity contribution in [2.75, 3.05) is 12.8 Å². The minimum Gasteiger partial charge on any atom is -0.464 e. The van der Waals surface area contributed by atoms with Gasteiger partial charge in [0, 0.05) is 11.1 Å². The van der Waals surface area contributed by atoms with Crippen molar-refractivity contribution >= 4 is 23.4 Å². The van der Waals surface area contributed by atoms with Gasteiger partial charge in [-0.25, -0.2) is 27.9 Å². The van der Waals surface area contributed by atoms with Crippen molar-refractivity contribution in [1.29, 1.82) is 0 Å². The highest BCUT2D eigenvalue weighted by molar-refractivity contribution is 6.31. The van der Waals surface area contributed by atoms with E-state index in [4.69, 9.17) is 17.3 Å². The van der Waals surface area contributed by atoms with Crippen LogP contribution in [0.1, 0.15) is 22.5 Å². The summed E-state index contributed by atoms with van der Waals surface area (Å²) in [6.45, 7) is 0. The molecule has 9 heteroatoms. The summed E-state index contributed by atoms with van der Waals surface area (Å²) in [7, 11) is 1.08. The number of nitrogen functional groups attached to an aromatic ring is 1.